The zero-order valence-corrected chi connectivity index (χ0v) is 9.89. The zero-order valence-electron chi connectivity index (χ0n) is 9.89. The van der Waals surface area contributed by atoms with Crippen molar-refractivity contribution in [1.29, 1.82) is 0 Å². The molecule has 1 aromatic carbocycles. The van der Waals surface area contributed by atoms with E-state index in [1.165, 1.54) is 30.6 Å². The van der Waals surface area contributed by atoms with Gasteiger partial charge in [-0.2, -0.15) is 17.9 Å². The lowest BCUT2D eigenvalue weighted by Crippen LogP contribution is -2.23. The Balaban J connectivity index is 2.09. The van der Waals surface area contributed by atoms with Crippen LogP contribution >= 0.6 is 0 Å². The number of benzene rings is 1. The van der Waals surface area contributed by atoms with Crippen LogP contribution in [0, 0.1) is 5.21 Å². The van der Waals surface area contributed by atoms with Crippen LogP contribution in [0.4, 0.5) is 13.2 Å². The summed E-state index contributed by atoms with van der Waals surface area (Å²) in [5, 5.41) is 10.9. The Hall–Kier alpha value is -2.57. The predicted octanol–water partition coefficient (Wildman–Crippen LogP) is 3.15. The molecule has 2 aromatic heterocycles. The maximum absolute atomic E-state index is 12.6. The van der Waals surface area contributed by atoms with Crippen molar-refractivity contribution in [1.82, 2.24) is 4.98 Å². The highest BCUT2D eigenvalue weighted by Gasteiger charge is 2.31. The first-order valence-corrected chi connectivity index (χ1v) is 5.60. The van der Waals surface area contributed by atoms with Gasteiger partial charge in [0.1, 0.15) is 5.52 Å². The van der Waals surface area contributed by atoms with Crippen molar-refractivity contribution in [3.8, 4) is 11.5 Å². The van der Waals surface area contributed by atoms with Crippen LogP contribution in [0.1, 0.15) is 5.56 Å². The van der Waals surface area contributed by atoms with Gasteiger partial charge in [0.2, 0.25) is 5.89 Å². The van der Waals surface area contributed by atoms with Crippen molar-refractivity contribution in [2.75, 3.05) is 0 Å². The van der Waals surface area contributed by atoms with Crippen LogP contribution in [0.5, 0.6) is 0 Å². The quantitative estimate of drug-likeness (QED) is 0.508. The normalized spacial score (nSPS) is 11.9. The Morgan fingerprint density at radius 3 is 2.45 bits per heavy atom. The number of halogens is 3. The maximum atomic E-state index is 12.6. The van der Waals surface area contributed by atoms with Crippen LogP contribution in [0.15, 0.2) is 47.1 Å². The molecule has 0 aliphatic heterocycles. The molecule has 0 fully saturated rings. The van der Waals surface area contributed by atoms with E-state index in [2.05, 4.69) is 4.98 Å². The van der Waals surface area contributed by atoms with E-state index in [0.717, 1.165) is 12.1 Å². The molecule has 3 aromatic rings. The van der Waals surface area contributed by atoms with Gasteiger partial charge < -0.3 is 9.62 Å². The number of oxazole rings is 1. The van der Waals surface area contributed by atoms with Crippen LogP contribution in [0.3, 0.4) is 0 Å². The Bertz CT molecular complexity index is 763. The monoisotopic (exact) mass is 280 g/mol. The molecule has 3 rings (SSSR count). The Morgan fingerprint density at radius 2 is 1.80 bits per heavy atom. The van der Waals surface area contributed by atoms with E-state index < -0.39 is 11.7 Å². The van der Waals surface area contributed by atoms with Crippen LogP contribution in [-0.2, 0) is 6.18 Å². The molecule has 0 aliphatic rings. The number of pyridine rings is 1. The fraction of sp³-hybridized carbons (Fsp3) is 0.0769. The molecule has 2 heterocycles. The fourth-order valence-corrected chi connectivity index (χ4v) is 1.78. The third kappa shape index (κ3) is 2.18. The maximum Gasteiger partial charge on any atom is 0.416 e. The van der Waals surface area contributed by atoms with Gasteiger partial charge in [-0.25, -0.2) is 4.98 Å². The lowest BCUT2D eigenvalue weighted by Gasteiger charge is -2.04. The average Bonchev–Trinajstić information content (AvgIpc) is 2.81. The largest absolute Gasteiger partial charge is 0.619 e. The van der Waals surface area contributed by atoms with Crippen molar-refractivity contribution in [2.45, 2.75) is 6.18 Å². The number of nitrogens with zero attached hydrogens (tertiary/aromatic N) is 2. The summed E-state index contributed by atoms with van der Waals surface area (Å²) in [5.74, 6) is 0.167. The summed E-state index contributed by atoms with van der Waals surface area (Å²) in [6, 6.07) is 6.04. The Kier molecular flexibility index (Phi) is 2.63. The molecule has 0 saturated carbocycles. The summed E-state index contributed by atoms with van der Waals surface area (Å²) in [7, 11) is 0. The summed E-state index contributed by atoms with van der Waals surface area (Å²) in [5.41, 5.74) is 0.109. The standard InChI is InChI=1S/C13H7F3N2O2/c14-13(15,16)9-1-2-11-10(7-9)17-12(20-11)8-3-5-18(19)6-4-8/h1-7H. The second-order valence-electron chi connectivity index (χ2n) is 4.15. The number of rotatable bonds is 1. The molecular weight excluding hydrogens is 273 g/mol. The lowest BCUT2D eigenvalue weighted by atomic mass is 10.2. The SMILES string of the molecule is [O-][n+]1ccc(-c2nc3cc(C(F)(F)F)ccc3o2)cc1. The highest BCUT2D eigenvalue weighted by atomic mass is 19.4. The summed E-state index contributed by atoms with van der Waals surface area (Å²) >= 11 is 0. The van der Waals surface area contributed by atoms with Gasteiger partial charge >= 0.3 is 6.18 Å². The van der Waals surface area contributed by atoms with E-state index in [1.807, 2.05) is 0 Å². The van der Waals surface area contributed by atoms with E-state index >= 15 is 0 Å². The van der Waals surface area contributed by atoms with Crippen molar-refractivity contribution in [3.05, 3.63) is 53.5 Å². The lowest BCUT2D eigenvalue weighted by molar-refractivity contribution is -0.605. The van der Waals surface area contributed by atoms with E-state index in [1.54, 1.807) is 0 Å². The molecule has 7 heteroatoms. The van der Waals surface area contributed by atoms with Crippen molar-refractivity contribution >= 4 is 11.1 Å². The third-order valence-electron chi connectivity index (χ3n) is 2.76. The molecule has 0 N–H and O–H groups in total. The molecule has 0 spiro atoms. The minimum Gasteiger partial charge on any atom is -0.619 e. The van der Waals surface area contributed by atoms with Gasteiger partial charge in [0.25, 0.3) is 0 Å². The summed E-state index contributed by atoms with van der Waals surface area (Å²) in [6.45, 7) is 0. The minimum absolute atomic E-state index is 0.119. The summed E-state index contributed by atoms with van der Waals surface area (Å²) in [6.07, 6.45) is -1.91. The minimum atomic E-state index is -4.42. The molecule has 0 saturated heterocycles. The summed E-state index contributed by atoms with van der Waals surface area (Å²) in [4.78, 5) is 4.01. The summed E-state index contributed by atoms with van der Waals surface area (Å²) < 4.78 is 43.7. The van der Waals surface area contributed by atoms with Gasteiger partial charge in [0, 0.05) is 17.7 Å². The third-order valence-corrected chi connectivity index (χ3v) is 2.76. The molecule has 0 unspecified atom stereocenters. The molecule has 0 bridgehead atoms. The smallest absolute Gasteiger partial charge is 0.416 e. The molecule has 0 atom stereocenters. The first-order valence-electron chi connectivity index (χ1n) is 5.60. The first kappa shape index (κ1) is 12.5. The van der Waals surface area contributed by atoms with E-state index in [-0.39, 0.29) is 17.0 Å². The fourth-order valence-electron chi connectivity index (χ4n) is 1.78. The number of alkyl halides is 3. The van der Waals surface area contributed by atoms with Gasteiger partial charge in [-0.05, 0) is 18.2 Å². The molecule has 0 radical (unpaired) electrons. The zero-order chi connectivity index (χ0) is 14.3. The molecule has 102 valence electrons. The van der Waals surface area contributed by atoms with E-state index in [0.29, 0.717) is 10.3 Å². The second kappa shape index (κ2) is 4.22. The van der Waals surface area contributed by atoms with Crippen LogP contribution in [0.25, 0.3) is 22.6 Å². The van der Waals surface area contributed by atoms with Crippen molar-refractivity contribution < 1.29 is 22.3 Å². The van der Waals surface area contributed by atoms with Crippen molar-refractivity contribution in [2.24, 2.45) is 0 Å². The number of hydrogen-bond donors (Lipinski definition) is 0. The topological polar surface area (TPSA) is 53.0 Å². The Morgan fingerprint density at radius 1 is 1.10 bits per heavy atom. The average molecular weight is 280 g/mol. The van der Waals surface area contributed by atoms with E-state index in [4.69, 9.17) is 4.42 Å². The predicted molar refractivity (Wildman–Crippen MR) is 63.4 cm³/mol. The van der Waals surface area contributed by atoms with Gasteiger partial charge in [-0.1, -0.05) is 0 Å². The van der Waals surface area contributed by atoms with Crippen LogP contribution < -0.4 is 4.73 Å². The van der Waals surface area contributed by atoms with Crippen LogP contribution in [0.2, 0.25) is 0 Å². The van der Waals surface area contributed by atoms with Gasteiger partial charge in [0.15, 0.2) is 18.0 Å². The van der Waals surface area contributed by atoms with Crippen LogP contribution in [-0.4, -0.2) is 4.98 Å². The number of aromatic nitrogens is 2. The second-order valence-corrected chi connectivity index (χ2v) is 4.15. The molecule has 20 heavy (non-hydrogen) atoms. The molecule has 4 nitrogen and oxygen atoms in total. The molecule has 0 amide bonds. The number of fused-ring (bicyclic) bond motifs is 1. The van der Waals surface area contributed by atoms with Gasteiger partial charge in [0.05, 0.1) is 5.56 Å². The van der Waals surface area contributed by atoms with E-state index in [9.17, 15) is 18.4 Å². The molecule has 0 aliphatic carbocycles. The molecular formula is C13H7F3N2O2. The van der Waals surface area contributed by atoms with Gasteiger partial charge in [-0.3, -0.25) is 0 Å². The first-order chi connectivity index (χ1) is 9.43. The Labute approximate surface area is 110 Å². The highest BCUT2D eigenvalue weighted by molar-refractivity contribution is 5.76. The number of hydrogen-bond acceptors (Lipinski definition) is 3. The van der Waals surface area contributed by atoms with Crippen molar-refractivity contribution in [3.63, 3.8) is 0 Å². The highest BCUT2D eigenvalue weighted by Crippen LogP contribution is 2.32. The van der Waals surface area contributed by atoms with Gasteiger partial charge in [-0.15, -0.1) is 0 Å².